The number of hydrogen-bond donors (Lipinski definition) is 0. The van der Waals surface area contributed by atoms with Crippen LogP contribution in [0.4, 0.5) is 0 Å². The third kappa shape index (κ3) is 4.43. The van der Waals surface area contributed by atoms with Crippen molar-refractivity contribution in [2.75, 3.05) is 26.3 Å². The molecule has 2 rings (SSSR count). The fourth-order valence-corrected chi connectivity index (χ4v) is 3.92. The Bertz CT molecular complexity index is 326. The Morgan fingerprint density at radius 1 is 1.29 bits per heavy atom. The van der Waals surface area contributed by atoms with Gasteiger partial charge in [0.15, 0.2) is 0 Å². The number of esters is 1. The van der Waals surface area contributed by atoms with E-state index in [1.54, 1.807) is 0 Å². The zero-order chi connectivity index (χ0) is 15.1. The summed E-state index contributed by atoms with van der Waals surface area (Å²) >= 11 is 0. The molecule has 0 aromatic rings. The van der Waals surface area contributed by atoms with E-state index < -0.39 is 0 Å². The number of piperidine rings is 1. The molecule has 0 spiro atoms. The van der Waals surface area contributed by atoms with E-state index in [4.69, 9.17) is 9.47 Å². The first kappa shape index (κ1) is 16.8. The minimum Gasteiger partial charge on any atom is -0.466 e. The molecule has 4 heteroatoms. The summed E-state index contributed by atoms with van der Waals surface area (Å²) in [7, 11) is 0. The zero-order valence-electron chi connectivity index (χ0n) is 13.7. The molecule has 0 radical (unpaired) electrons. The van der Waals surface area contributed by atoms with Crippen molar-refractivity contribution >= 4 is 5.97 Å². The minimum absolute atomic E-state index is 0.0231. The van der Waals surface area contributed by atoms with Crippen LogP contribution >= 0.6 is 0 Å². The Morgan fingerprint density at radius 2 is 2.05 bits per heavy atom. The van der Waals surface area contributed by atoms with E-state index in [-0.39, 0.29) is 11.5 Å². The lowest BCUT2D eigenvalue weighted by Crippen LogP contribution is -2.56. The largest absolute Gasteiger partial charge is 0.466 e. The number of carbonyl (C=O) groups excluding carboxylic acids is 1. The molecule has 0 aliphatic carbocycles. The summed E-state index contributed by atoms with van der Waals surface area (Å²) in [6.45, 7) is 7.59. The minimum atomic E-state index is -0.0415. The number of rotatable bonds is 6. The van der Waals surface area contributed by atoms with Gasteiger partial charge in [-0.3, -0.25) is 9.69 Å². The van der Waals surface area contributed by atoms with Crippen LogP contribution in [0.1, 0.15) is 65.2 Å². The van der Waals surface area contributed by atoms with E-state index in [1.165, 1.54) is 19.3 Å². The third-order valence-electron chi connectivity index (χ3n) is 4.94. The standard InChI is InChI=1S/C17H31NO3/c1-3-8-15-13-17(9-12-21-15,14-16(19)20-4-2)18-10-6-5-7-11-18/h15H,3-14H2,1-2H3. The van der Waals surface area contributed by atoms with Gasteiger partial charge in [-0.2, -0.15) is 0 Å². The maximum atomic E-state index is 12.1. The number of likely N-dealkylation sites (tertiary alicyclic amines) is 1. The summed E-state index contributed by atoms with van der Waals surface area (Å²) in [5, 5.41) is 0. The molecule has 0 N–H and O–H groups in total. The molecule has 2 aliphatic heterocycles. The highest BCUT2D eigenvalue weighted by atomic mass is 16.5. The zero-order valence-corrected chi connectivity index (χ0v) is 13.7. The molecule has 4 nitrogen and oxygen atoms in total. The van der Waals surface area contributed by atoms with Crippen LogP contribution in [0.25, 0.3) is 0 Å². The number of nitrogens with zero attached hydrogens (tertiary/aromatic N) is 1. The van der Waals surface area contributed by atoms with Crippen molar-refractivity contribution in [1.82, 2.24) is 4.90 Å². The van der Waals surface area contributed by atoms with Crippen LogP contribution in [0.15, 0.2) is 0 Å². The van der Waals surface area contributed by atoms with Crippen molar-refractivity contribution in [3.8, 4) is 0 Å². The third-order valence-corrected chi connectivity index (χ3v) is 4.94. The molecule has 2 saturated heterocycles. The van der Waals surface area contributed by atoms with Gasteiger partial charge in [0.25, 0.3) is 0 Å². The highest BCUT2D eigenvalue weighted by molar-refractivity contribution is 5.71. The summed E-state index contributed by atoms with van der Waals surface area (Å²) in [4.78, 5) is 14.7. The first-order chi connectivity index (χ1) is 10.2. The van der Waals surface area contributed by atoms with Crippen LogP contribution in [-0.2, 0) is 14.3 Å². The molecule has 0 aromatic heterocycles. The van der Waals surface area contributed by atoms with Crippen molar-refractivity contribution in [2.24, 2.45) is 0 Å². The number of ether oxygens (including phenoxy) is 2. The highest BCUT2D eigenvalue weighted by Crippen LogP contribution is 2.37. The quantitative estimate of drug-likeness (QED) is 0.706. The molecule has 21 heavy (non-hydrogen) atoms. The molecule has 2 heterocycles. The molecule has 0 amide bonds. The molecule has 0 bridgehead atoms. The molecule has 2 aliphatic rings. The van der Waals surface area contributed by atoms with E-state index in [0.29, 0.717) is 19.1 Å². The monoisotopic (exact) mass is 297 g/mol. The average molecular weight is 297 g/mol. The lowest BCUT2D eigenvalue weighted by Gasteiger charge is -2.49. The van der Waals surface area contributed by atoms with E-state index >= 15 is 0 Å². The highest BCUT2D eigenvalue weighted by Gasteiger charge is 2.43. The predicted octanol–water partition coefficient (Wildman–Crippen LogP) is 3.14. The van der Waals surface area contributed by atoms with Crippen molar-refractivity contribution < 1.29 is 14.3 Å². The van der Waals surface area contributed by atoms with Crippen LogP contribution in [0.3, 0.4) is 0 Å². The smallest absolute Gasteiger partial charge is 0.307 e. The normalized spacial score (nSPS) is 31.0. The summed E-state index contributed by atoms with van der Waals surface area (Å²) < 4.78 is 11.2. The van der Waals surface area contributed by atoms with Gasteiger partial charge in [-0.1, -0.05) is 19.8 Å². The second-order valence-electron chi connectivity index (χ2n) is 6.49. The van der Waals surface area contributed by atoms with Gasteiger partial charge < -0.3 is 9.47 Å². The molecule has 2 fully saturated rings. The average Bonchev–Trinajstić information content (AvgIpc) is 2.49. The molecule has 0 saturated carbocycles. The molecule has 2 atom stereocenters. The van der Waals surface area contributed by atoms with Gasteiger partial charge in [0.2, 0.25) is 0 Å². The molecule has 0 aromatic carbocycles. The Hall–Kier alpha value is -0.610. The lowest BCUT2D eigenvalue weighted by atomic mass is 9.80. The first-order valence-corrected chi connectivity index (χ1v) is 8.72. The van der Waals surface area contributed by atoms with Crippen LogP contribution in [0.2, 0.25) is 0 Å². The van der Waals surface area contributed by atoms with Gasteiger partial charge in [-0.05, 0) is 52.1 Å². The maximum Gasteiger partial charge on any atom is 0.307 e. The fraction of sp³-hybridized carbons (Fsp3) is 0.941. The van der Waals surface area contributed by atoms with Gasteiger partial charge in [-0.25, -0.2) is 0 Å². The van der Waals surface area contributed by atoms with Gasteiger partial charge in [-0.15, -0.1) is 0 Å². The summed E-state index contributed by atoms with van der Waals surface area (Å²) in [6, 6.07) is 0. The van der Waals surface area contributed by atoms with Crippen molar-refractivity contribution in [3.63, 3.8) is 0 Å². The van der Waals surface area contributed by atoms with Gasteiger partial charge in [0, 0.05) is 12.1 Å². The van der Waals surface area contributed by atoms with Crippen LogP contribution < -0.4 is 0 Å². The second-order valence-corrected chi connectivity index (χ2v) is 6.49. The lowest BCUT2D eigenvalue weighted by molar-refractivity contribution is -0.151. The van der Waals surface area contributed by atoms with Crippen molar-refractivity contribution in [2.45, 2.75) is 76.9 Å². The molecule has 122 valence electrons. The van der Waals surface area contributed by atoms with Crippen LogP contribution in [0.5, 0.6) is 0 Å². The summed E-state index contributed by atoms with van der Waals surface area (Å²) in [6.07, 6.45) is 8.85. The summed E-state index contributed by atoms with van der Waals surface area (Å²) in [5.74, 6) is -0.0415. The van der Waals surface area contributed by atoms with Gasteiger partial charge >= 0.3 is 5.97 Å². The topological polar surface area (TPSA) is 38.8 Å². The Kier molecular flexibility index (Phi) is 6.49. The molecular weight excluding hydrogens is 266 g/mol. The second kappa shape index (κ2) is 8.14. The summed E-state index contributed by atoms with van der Waals surface area (Å²) in [5.41, 5.74) is -0.0231. The van der Waals surface area contributed by atoms with Crippen LogP contribution in [-0.4, -0.2) is 48.8 Å². The van der Waals surface area contributed by atoms with E-state index in [1.807, 2.05) is 6.92 Å². The Morgan fingerprint density at radius 3 is 2.71 bits per heavy atom. The number of carbonyl (C=O) groups is 1. The fourth-order valence-electron chi connectivity index (χ4n) is 3.92. The Balaban J connectivity index is 2.09. The number of hydrogen-bond acceptors (Lipinski definition) is 4. The molecular formula is C17H31NO3. The van der Waals surface area contributed by atoms with Crippen molar-refractivity contribution in [1.29, 1.82) is 0 Å². The van der Waals surface area contributed by atoms with E-state index in [0.717, 1.165) is 45.4 Å². The SMILES string of the molecule is CCCC1CC(CC(=O)OCC)(N2CCCCC2)CCO1. The maximum absolute atomic E-state index is 12.1. The first-order valence-electron chi connectivity index (χ1n) is 8.72. The van der Waals surface area contributed by atoms with Gasteiger partial charge in [0.1, 0.15) is 0 Å². The van der Waals surface area contributed by atoms with E-state index in [2.05, 4.69) is 11.8 Å². The van der Waals surface area contributed by atoms with Crippen LogP contribution in [0, 0.1) is 0 Å². The molecule has 2 unspecified atom stereocenters. The Labute approximate surface area is 129 Å². The van der Waals surface area contributed by atoms with Crippen molar-refractivity contribution in [3.05, 3.63) is 0 Å². The van der Waals surface area contributed by atoms with E-state index in [9.17, 15) is 4.79 Å². The predicted molar refractivity (Wildman–Crippen MR) is 83.3 cm³/mol. The van der Waals surface area contributed by atoms with Gasteiger partial charge in [0.05, 0.1) is 19.1 Å².